The van der Waals surface area contributed by atoms with Gasteiger partial charge in [0.25, 0.3) is 0 Å². The molecule has 2 aromatic rings. The highest BCUT2D eigenvalue weighted by Gasteiger charge is 2.20. The number of hydrazone groups is 1. The van der Waals surface area contributed by atoms with Gasteiger partial charge >= 0.3 is 0 Å². The molecule has 1 aliphatic heterocycles. The predicted octanol–water partition coefficient (Wildman–Crippen LogP) is 4.23. The number of aliphatic imine (C=N–C) groups is 1. The Bertz CT molecular complexity index is 1000. The van der Waals surface area contributed by atoms with E-state index in [1.54, 1.807) is 19.9 Å². The van der Waals surface area contributed by atoms with E-state index >= 15 is 0 Å². The second-order valence-corrected chi connectivity index (χ2v) is 7.32. The molecule has 0 aliphatic carbocycles. The molecule has 0 saturated heterocycles. The number of allylic oxidation sites excluding steroid dienone is 1. The van der Waals surface area contributed by atoms with Crippen molar-refractivity contribution in [2.75, 3.05) is 0 Å². The molecule has 1 heterocycles. The smallest absolute Gasteiger partial charge is 0.224 e. The van der Waals surface area contributed by atoms with Crippen molar-refractivity contribution >= 4 is 17.9 Å². The fourth-order valence-electron chi connectivity index (χ4n) is 2.73. The number of hydrogen-bond donors (Lipinski definition) is 2. The van der Waals surface area contributed by atoms with Gasteiger partial charge in [-0.1, -0.05) is 18.7 Å². The molecule has 1 aliphatic rings. The van der Waals surface area contributed by atoms with Crippen LogP contribution < -0.4 is 5.32 Å². The Hall–Kier alpha value is -3.13. The summed E-state index contributed by atoms with van der Waals surface area (Å²) in [6.07, 6.45) is 1.44. The Morgan fingerprint density at radius 1 is 1.17 bits per heavy atom. The van der Waals surface area contributed by atoms with Crippen molar-refractivity contribution in [1.82, 2.24) is 10.3 Å². The third-order valence-corrected chi connectivity index (χ3v) is 4.39. The summed E-state index contributed by atoms with van der Waals surface area (Å²) >= 11 is 0. The average Bonchev–Trinajstić information content (AvgIpc) is 2.62. The molecule has 152 valence electrons. The number of nitrogens with zero attached hydrogens (tertiary/aromatic N) is 3. The van der Waals surface area contributed by atoms with Crippen LogP contribution in [0.3, 0.4) is 0 Å². The topological polar surface area (TPSA) is 60.2 Å². The average molecular weight is 402 g/mol. The van der Waals surface area contributed by atoms with Crippen LogP contribution in [0, 0.1) is 24.4 Å². The summed E-state index contributed by atoms with van der Waals surface area (Å²) in [6, 6.07) is 7.22. The van der Waals surface area contributed by atoms with Gasteiger partial charge in [-0.05, 0) is 55.7 Å². The van der Waals surface area contributed by atoms with E-state index in [0.29, 0.717) is 16.9 Å². The van der Waals surface area contributed by atoms with Gasteiger partial charge in [-0.15, -0.1) is 0 Å². The van der Waals surface area contributed by atoms with Crippen LogP contribution in [0.5, 0.6) is 0 Å². The Kier molecular flexibility index (Phi) is 5.48. The highest BCUT2D eigenvalue weighted by molar-refractivity contribution is 5.94. The number of aryl methyl sites for hydroxylation is 1. The zero-order valence-corrected chi connectivity index (χ0v) is 16.3. The van der Waals surface area contributed by atoms with Crippen LogP contribution in [0.4, 0.5) is 18.9 Å². The Labute approximate surface area is 166 Å². The zero-order valence-electron chi connectivity index (χ0n) is 16.3. The summed E-state index contributed by atoms with van der Waals surface area (Å²) in [6.45, 7) is 8.95. The Balaban J connectivity index is 1.98. The van der Waals surface area contributed by atoms with Gasteiger partial charge in [0.2, 0.25) is 5.96 Å². The zero-order chi connectivity index (χ0) is 21.3. The molecule has 2 aromatic carbocycles. The Morgan fingerprint density at radius 3 is 2.45 bits per heavy atom. The quantitative estimate of drug-likeness (QED) is 0.753. The number of hydrogen-bond acceptors (Lipinski definition) is 3. The third-order valence-electron chi connectivity index (χ3n) is 4.39. The predicted molar refractivity (Wildman–Crippen MR) is 106 cm³/mol. The lowest BCUT2D eigenvalue weighted by Crippen LogP contribution is -2.41. The van der Waals surface area contributed by atoms with Crippen molar-refractivity contribution in [2.24, 2.45) is 10.1 Å². The van der Waals surface area contributed by atoms with E-state index in [2.05, 4.69) is 22.0 Å². The SMILES string of the molecule is C=C1C=NN(Cc2cc(F)c(F)c(F)c2)C(=Nc2cc(C(C)(C)O)ccc2C)N1. The molecular formula is C21H21F3N4O. The van der Waals surface area contributed by atoms with Crippen LogP contribution in [-0.4, -0.2) is 22.3 Å². The molecule has 0 spiro atoms. The maximum absolute atomic E-state index is 13.6. The van der Waals surface area contributed by atoms with Crippen LogP contribution in [-0.2, 0) is 12.1 Å². The minimum atomic E-state index is -1.52. The Morgan fingerprint density at radius 2 is 1.83 bits per heavy atom. The van der Waals surface area contributed by atoms with E-state index in [-0.39, 0.29) is 18.1 Å². The van der Waals surface area contributed by atoms with Crippen molar-refractivity contribution in [3.05, 3.63) is 76.7 Å². The van der Waals surface area contributed by atoms with Crippen molar-refractivity contribution in [3.63, 3.8) is 0 Å². The fourth-order valence-corrected chi connectivity index (χ4v) is 2.73. The van der Waals surface area contributed by atoms with Gasteiger partial charge in [-0.25, -0.2) is 23.2 Å². The number of guanidine groups is 1. The first-order valence-corrected chi connectivity index (χ1v) is 8.87. The monoisotopic (exact) mass is 402 g/mol. The maximum Gasteiger partial charge on any atom is 0.224 e. The van der Waals surface area contributed by atoms with Gasteiger partial charge in [0.15, 0.2) is 17.5 Å². The van der Waals surface area contributed by atoms with Crippen molar-refractivity contribution in [1.29, 1.82) is 0 Å². The molecule has 29 heavy (non-hydrogen) atoms. The summed E-state index contributed by atoms with van der Waals surface area (Å²) in [5.41, 5.74) is 1.72. The highest BCUT2D eigenvalue weighted by Crippen LogP contribution is 2.28. The van der Waals surface area contributed by atoms with Crippen LogP contribution in [0.25, 0.3) is 0 Å². The molecule has 0 fully saturated rings. The minimum absolute atomic E-state index is 0.0477. The van der Waals surface area contributed by atoms with Crippen molar-refractivity contribution in [3.8, 4) is 0 Å². The van der Waals surface area contributed by atoms with Crippen molar-refractivity contribution in [2.45, 2.75) is 32.9 Å². The molecule has 0 aromatic heterocycles. The molecule has 0 bridgehead atoms. The lowest BCUT2D eigenvalue weighted by atomic mass is 9.96. The summed E-state index contributed by atoms with van der Waals surface area (Å²) in [7, 11) is 0. The molecule has 0 unspecified atom stereocenters. The number of benzene rings is 2. The van der Waals surface area contributed by atoms with Gasteiger partial charge in [-0.2, -0.15) is 5.10 Å². The standard InChI is InChI=1S/C21H21F3N4O/c1-12-5-6-15(21(3,4)29)9-18(12)27-20-26-13(2)10-25-28(20)11-14-7-16(22)19(24)17(23)8-14/h5-10,29H,2,11H2,1,3-4H3,(H,26,27). The second-order valence-electron chi connectivity index (χ2n) is 7.32. The fraction of sp³-hybridized carbons (Fsp3) is 0.238. The van der Waals surface area contributed by atoms with Gasteiger partial charge in [0.05, 0.1) is 29.7 Å². The molecule has 0 amide bonds. The van der Waals surface area contributed by atoms with Gasteiger partial charge in [-0.3, -0.25) is 0 Å². The molecule has 2 N–H and O–H groups in total. The van der Waals surface area contributed by atoms with Crippen LogP contribution in [0.15, 0.2) is 52.7 Å². The van der Waals surface area contributed by atoms with Crippen LogP contribution in [0.1, 0.15) is 30.5 Å². The first kappa shape index (κ1) is 20.6. The molecule has 0 radical (unpaired) electrons. The highest BCUT2D eigenvalue weighted by atomic mass is 19.2. The van der Waals surface area contributed by atoms with Crippen LogP contribution in [0.2, 0.25) is 0 Å². The lowest BCUT2D eigenvalue weighted by Gasteiger charge is -2.26. The van der Waals surface area contributed by atoms with Gasteiger partial charge < -0.3 is 10.4 Å². The maximum atomic E-state index is 13.6. The summed E-state index contributed by atoms with van der Waals surface area (Å²) < 4.78 is 40.3. The lowest BCUT2D eigenvalue weighted by molar-refractivity contribution is 0.0786. The number of rotatable bonds is 4. The number of aliphatic hydroxyl groups is 1. The molecule has 0 saturated carbocycles. The molecule has 0 atom stereocenters. The van der Waals surface area contributed by atoms with E-state index in [1.165, 1.54) is 11.2 Å². The number of halogens is 3. The van der Waals surface area contributed by atoms with E-state index in [1.807, 2.05) is 19.1 Å². The summed E-state index contributed by atoms with van der Waals surface area (Å²) in [4.78, 5) is 4.57. The van der Waals surface area contributed by atoms with Crippen molar-refractivity contribution < 1.29 is 18.3 Å². The summed E-state index contributed by atoms with van der Waals surface area (Å²) in [5, 5.41) is 18.8. The second kappa shape index (κ2) is 7.71. The molecule has 5 nitrogen and oxygen atoms in total. The number of nitrogens with one attached hydrogen (secondary N) is 1. The molecular weight excluding hydrogens is 381 g/mol. The van der Waals surface area contributed by atoms with Gasteiger partial charge in [0.1, 0.15) is 0 Å². The molecule has 3 rings (SSSR count). The van der Waals surface area contributed by atoms with Crippen LogP contribution >= 0.6 is 0 Å². The van der Waals surface area contributed by atoms with Gasteiger partial charge in [0, 0.05) is 0 Å². The third kappa shape index (κ3) is 4.65. The molecule has 8 heteroatoms. The summed E-state index contributed by atoms with van der Waals surface area (Å²) in [5.74, 6) is -3.79. The van der Waals surface area contributed by atoms with E-state index in [9.17, 15) is 18.3 Å². The minimum Gasteiger partial charge on any atom is -0.386 e. The van der Waals surface area contributed by atoms with E-state index in [4.69, 9.17) is 0 Å². The largest absolute Gasteiger partial charge is 0.386 e. The first-order chi connectivity index (χ1) is 13.5. The van der Waals surface area contributed by atoms with E-state index in [0.717, 1.165) is 17.7 Å². The van der Waals surface area contributed by atoms with E-state index < -0.39 is 23.1 Å². The first-order valence-electron chi connectivity index (χ1n) is 8.87. The normalized spacial score (nSPS) is 15.8.